The number of Topliss-reactive ketones (excluding diaryl/α,β-unsaturated/α-hetero) is 2. The van der Waals surface area contributed by atoms with Crippen molar-refractivity contribution in [1.82, 2.24) is 0 Å². The summed E-state index contributed by atoms with van der Waals surface area (Å²) in [6.45, 7) is 8.61. The number of carbonyl (C=O) groups excluding carboxylic acids is 2. The summed E-state index contributed by atoms with van der Waals surface area (Å²) in [4.78, 5) is 27.6. The number of carbonyl (C=O) groups is 2. The van der Waals surface area contributed by atoms with Crippen molar-refractivity contribution in [2.45, 2.75) is 66.1 Å². The SMILES string of the molecule is CC1(C)CC(=O)c2cc(COC3C(=O)c4ccccc4SC3(C)C)ccc2S1. The first kappa shape index (κ1) is 19.7. The summed E-state index contributed by atoms with van der Waals surface area (Å²) in [6, 6.07) is 13.6. The fraction of sp³-hybridized carbons (Fsp3) is 0.391. The lowest BCUT2D eigenvalue weighted by Crippen LogP contribution is -2.44. The number of benzene rings is 2. The smallest absolute Gasteiger partial charge is 0.194 e. The Kier molecular flexibility index (Phi) is 4.97. The Morgan fingerprint density at radius 1 is 0.964 bits per heavy atom. The van der Waals surface area contributed by atoms with Gasteiger partial charge in [0.05, 0.1) is 6.61 Å². The van der Waals surface area contributed by atoms with E-state index in [1.807, 2.05) is 56.3 Å². The largest absolute Gasteiger partial charge is 0.364 e. The van der Waals surface area contributed by atoms with Gasteiger partial charge in [-0.25, -0.2) is 0 Å². The summed E-state index contributed by atoms with van der Waals surface area (Å²) in [5.74, 6) is 0.213. The van der Waals surface area contributed by atoms with Crippen LogP contribution >= 0.6 is 23.5 Å². The minimum Gasteiger partial charge on any atom is -0.364 e. The second-order valence-corrected chi connectivity index (χ2v) is 12.0. The number of hydrogen-bond donors (Lipinski definition) is 0. The molecule has 0 saturated heterocycles. The van der Waals surface area contributed by atoms with E-state index in [4.69, 9.17) is 4.74 Å². The average Bonchev–Trinajstić information content (AvgIpc) is 2.60. The van der Waals surface area contributed by atoms with Gasteiger partial charge in [0.2, 0.25) is 0 Å². The molecule has 0 radical (unpaired) electrons. The quantitative estimate of drug-likeness (QED) is 0.638. The molecule has 28 heavy (non-hydrogen) atoms. The Labute approximate surface area is 174 Å². The van der Waals surface area contributed by atoms with Gasteiger partial charge in [0, 0.05) is 36.8 Å². The zero-order chi connectivity index (χ0) is 20.1. The standard InChI is InChI=1S/C23H24O3S2/c1-22(2)12-17(24)16-11-14(9-10-19(16)27-22)13-26-21-20(25)15-7-5-6-8-18(15)28-23(21,3)4/h5-11,21H,12-13H2,1-4H3. The maximum atomic E-state index is 13.0. The van der Waals surface area contributed by atoms with Gasteiger partial charge in [0.1, 0.15) is 6.10 Å². The Hall–Kier alpha value is -1.56. The summed E-state index contributed by atoms with van der Waals surface area (Å²) in [7, 11) is 0. The van der Waals surface area contributed by atoms with Gasteiger partial charge in [0.15, 0.2) is 11.6 Å². The molecule has 2 aromatic carbocycles. The second kappa shape index (κ2) is 7.05. The molecule has 0 aromatic heterocycles. The molecule has 5 heteroatoms. The van der Waals surface area contributed by atoms with E-state index in [0.717, 1.165) is 26.5 Å². The first-order valence-corrected chi connectivity index (χ1v) is 11.1. The van der Waals surface area contributed by atoms with Crippen LogP contribution in [-0.2, 0) is 11.3 Å². The van der Waals surface area contributed by atoms with E-state index in [2.05, 4.69) is 13.8 Å². The Balaban J connectivity index is 1.54. The highest BCUT2D eigenvalue weighted by molar-refractivity contribution is 8.01. The lowest BCUT2D eigenvalue weighted by atomic mass is 9.95. The van der Waals surface area contributed by atoms with Crippen LogP contribution in [0, 0.1) is 0 Å². The fourth-order valence-corrected chi connectivity index (χ4v) is 6.29. The van der Waals surface area contributed by atoms with Crippen LogP contribution in [0.4, 0.5) is 0 Å². The van der Waals surface area contributed by atoms with Gasteiger partial charge < -0.3 is 4.74 Å². The molecule has 1 atom stereocenters. The molecule has 0 fully saturated rings. The van der Waals surface area contributed by atoms with Crippen LogP contribution in [0.1, 0.15) is 60.4 Å². The van der Waals surface area contributed by atoms with Crippen molar-refractivity contribution in [2.24, 2.45) is 0 Å². The van der Waals surface area contributed by atoms with Crippen molar-refractivity contribution in [3.05, 3.63) is 59.2 Å². The third-order valence-electron chi connectivity index (χ3n) is 5.13. The van der Waals surface area contributed by atoms with Gasteiger partial charge >= 0.3 is 0 Å². The number of fused-ring (bicyclic) bond motifs is 2. The third kappa shape index (κ3) is 3.68. The molecule has 4 rings (SSSR count). The molecular weight excluding hydrogens is 388 g/mol. The van der Waals surface area contributed by atoms with E-state index < -0.39 is 6.10 Å². The lowest BCUT2D eigenvalue weighted by Gasteiger charge is -2.37. The monoisotopic (exact) mass is 412 g/mol. The van der Waals surface area contributed by atoms with E-state index in [0.29, 0.717) is 13.0 Å². The van der Waals surface area contributed by atoms with Gasteiger partial charge in [-0.1, -0.05) is 24.3 Å². The first-order valence-electron chi connectivity index (χ1n) is 9.45. The molecule has 0 N–H and O–H groups in total. The number of ketones is 2. The van der Waals surface area contributed by atoms with Crippen molar-refractivity contribution < 1.29 is 14.3 Å². The number of thioether (sulfide) groups is 2. The Morgan fingerprint density at radius 2 is 1.68 bits per heavy atom. The molecule has 2 aromatic rings. The first-order chi connectivity index (χ1) is 13.2. The van der Waals surface area contributed by atoms with Crippen LogP contribution in [-0.4, -0.2) is 27.2 Å². The summed E-state index contributed by atoms with van der Waals surface area (Å²) in [5.41, 5.74) is 2.44. The molecule has 0 aliphatic carbocycles. The third-order valence-corrected chi connectivity index (χ3v) is 7.72. The van der Waals surface area contributed by atoms with E-state index in [1.165, 1.54) is 0 Å². The van der Waals surface area contributed by atoms with Gasteiger partial charge in [-0.3, -0.25) is 9.59 Å². The average molecular weight is 413 g/mol. The molecule has 1 unspecified atom stereocenters. The van der Waals surface area contributed by atoms with Crippen LogP contribution in [0.15, 0.2) is 52.3 Å². The maximum Gasteiger partial charge on any atom is 0.194 e. The number of ether oxygens (including phenoxy) is 1. The van der Waals surface area contributed by atoms with Crippen LogP contribution in [0.5, 0.6) is 0 Å². The summed E-state index contributed by atoms with van der Waals surface area (Å²) >= 11 is 3.43. The highest BCUT2D eigenvalue weighted by Crippen LogP contribution is 2.45. The van der Waals surface area contributed by atoms with E-state index in [9.17, 15) is 9.59 Å². The van der Waals surface area contributed by atoms with Gasteiger partial charge in [0.25, 0.3) is 0 Å². The van der Waals surface area contributed by atoms with E-state index in [-0.39, 0.29) is 21.1 Å². The minimum atomic E-state index is -0.521. The van der Waals surface area contributed by atoms with Gasteiger partial charge in [-0.15, -0.1) is 23.5 Å². The highest BCUT2D eigenvalue weighted by Gasteiger charge is 2.43. The zero-order valence-corrected chi connectivity index (χ0v) is 18.2. The molecule has 3 nitrogen and oxygen atoms in total. The number of rotatable bonds is 3. The molecule has 2 aliphatic heterocycles. The summed E-state index contributed by atoms with van der Waals surface area (Å²) in [6.07, 6.45) is 0.0174. The molecular formula is C23H24O3S2. The molecule has 0 saturated carbocycles. The van der Waals surface area contributed by atoms with Crippen LogP contribution in [0.3, 0.4) is 0 Å². The van der Waals surface area contributed by atoms with Crippen LogP contribution < -0.4 is 0 Å². The molecule has 146 valence electrons. The molecule has 0 bridgehead atoms. The normalized spacial score (nSPS) is 22.5. The predicted octanol–water partition coefficient (Wildman–Crippen LogP) is 5.80. The topological polar surface area (TPSA) is 43.4 Å². The lowest BCUT2D eigenvalue weighted by molar-refractivity contribution is 0.0209. The van der Waals surface area contributed by atoms with Crippen LogP contribution in [0.2, 0.25) is 0 Å². The molecule has 2 aliphatic rings. The Morgan fingerprint density at radius 3 is 2.46 bits per heavy atom. The Bertz CT molecular complexity index is 962. The van der Waals surface area contributed by atoms with E-state index in [1.54, 1.807) is 23.5 Å². The van der Waals surface area contributed by atoms with Crippen LogP contribution in [0.25, 0.3) is 0 Å². The van der Waals surface area contributed by atoms with Gasteiger partial charge in [-0.2, -0.15) is 0 Å². The van der Waals surface area contributed by atoms with Crippen molar-refractivity contribution in [3.63, 3.8) is 0 Å². The molecule has 0 spiro atoms. The summed E-state index contributed by atoms with van der Waals surface area (Å²) in [5, 5.41) is 0. The minimum absolute atomic E-state index is 0.0330. The van der Waals surface area contributed by atoms with Crippen molar-refractivity contribution in [2.75, 3.05) is 0 Å². The van der Waals surface area contributed by atoms with E-state index >= 15 is 0 Å². The second-order valence-electron chi connectivity index (χ2n) is 8.55. The number of hydrogen-bond acceptors (Lipinski definition) is 5. The molecule has 0 amide bonds. The highest BCUT2D eigenvalue weighted by atomic mass is 32.2. The summed E-state index contributed by atoms with van der Waals surface area (Å²) < 4.78 is 5.72. The van der Waals surface area contributed by atoms with Crippen molar-refractivity contribution in [1.29, 1.82) is 0 Å². The fourth-order valence-electron chi connectivity index (χ4n) is 3.80. The zero-order valence-electron chi connectivity index (χ0n) is 16.6. The van der Waals surface area contributed by atoms with Crippen molar-refractivity contribution >= 4 is 35.1 Å². The van der Waals surface area contributed by atoms with Crippen molar-refractivity contribution in [3.8, 4) is 0 Å². The van der Waals surface area contributed by atoms with Gasteiger partial charge in [-0.05, 0) is 51.5 Å². The molecule has 2 heterocycles. The predicted molar refractivity (Wildman–Crippen MR) is 115 cm³/mol. The maximum absolute atomic E-state index is 13.0.